The third-order valence-electron chi connectivity index (χ3n) is 7.04. The molecule has 2 amide bonds. The number of hydrogen-bond acceptors (Lipinski definition) is 5. The fraction of sp³-hybridized carbons (Fsp3) is 0.464. The zero-order valence-corrected chi connectivity index (χ0v) is 20.4. The number of hydrogen-bond donors (Lipinski definition) is 2. The zero-order valence-electron chi connectivity index (χ0n) is 20.4. The number of nitrogens with one attached hydrogen (secondary N) is 2. The molecule has 4 rings (SSSR count). The van der Waals surface area contributed by atoms with E-state index in [0.717, 1.165) is 24.0 Å². The van der Waals surface area contributed by atoms with Crippen molar-refractivity contribution in [3.05, 3.63) is 65.7 Å². The average Bonchev–Trinajstić information content (AvgIpc) is 3.39. The van der Waals surface area contributed by atoms with Gasteiger partial charge in [0, 0.05) is 18.4 Å². The maximum absolute atomic E-state index is 13.5. The van der Waals surface area contributed by atoms with Gasteiger partial charge >= 0.3 is 0 Å². The Morgan fingerprint density at radius 2 is 1.63 bits per heavy atom. The molecule has 2 aromatic rings. The van der Waals surface area contributed by atoms with Crippen molar-refractivity contribution >= 4 is 17.6 Å². The first-order valence-electron chi connectivity index (χ1n) is 12.3. The van der Waals surface area contributed by atoms with E-state index in [1.54, 1.807) is 7.11 Å². The van der Waals surface area contributed by atoms with E-state index in [0.29, 0.717) is 38.2 Å². The van der Waals surface area contributed by atoms with E-state index in [1.165, 1.54) is 0 Å². The molecule has 2 aromatic carbocycles. The summed E-state index contributed by atoms with van der Waals surface area (Å²) in [5, 5.41) is 5.92. The Morgan fingerprint density at radius 1 is 0.971 bits per heavy atom. The number of rotatable bonds is 11. The molecule has 1 aliphatic heterocycles. The Labute approximate surface area is 206 Å². The van der Waals surface area contributed by atoms with Crippen LogP contribution in [0.25, 0.3) is 0 Å². The van der Waals surface area contributed by atoms with Crippen LogP contribution in [0, 0.1) is 11.3 Å². The van der Waals surface area contributed by atoms with Crippen molar-refractivity contribution in [3.8, 4) is 5.75 Å². The molecule has 0 bridgehead atoms. The van der Waals surface area contributed by atoms with Crippen molar-refractivity contribution in [2.24, 2.45) is 11.3 Å². The van der Waals surface area contributed by atoms with Crippen LogP contribution in [0.4, 0.5) is 0 Å². The number of ether oxygens (including phenoxy) is 2. The second kappa shape index (κ2) is 11.0. The molecule has 2 fully saturated rings. The summed E-state index contributed by atoms with van der Waals surface area (Å²) >= 11 is 0. The van der Waals surface area contributed by atoms with E-state index >= 15 is 0 Å². The van der Waals surface area contributed by atoms with Crippen molar-refractivity contribution < 1.29 is 23.9 Å². The van der Waals surface area contributed by atoms with Crippen LogP contribution in [0.5, 0.6) is 5.75 Å². The summed E-state index contributed by atoms with van der Waals surface area (Å²) in [5.41, 5.74) is 1.48. The van der Waals surface area contributed by atoms with Crippen molar-refractivity contribution in [2.45, 2.75) is 51.1 Å². The summed E-state index contributed by atoms with van der Waals surface area (Å²) in [6.07, 6.45) is 3.02. The summed E-state index contributed by atoms with van der Waals surface area (Å²) in [4.78, 5) is 39.7. The minimum absolute atomic E-state index is 0.0495. The molecule has 0 spiro atoms. The van der Waals surface area contributed by atoms with Gasteiger partial charge in [-0.3, -0.25) is 14.4 Å². The molecule has 2 N–H and O–H groups in total. The van der Waals surface area contributed by atoms with Gasteiger partial charge in [0.1, 0.15) is 11.8 Å². The second-order valence-electron chi connectivity index (χ2n) is 9.85. The van der Waals surface area contributed by atoms with Gasteiger partial charge in [0.2, 0.25) is 11.8 Å². The number of carbonyl (C=O) groups excluding carboxylic acids is 3. The van der Waals surface area contributed by atoms with Crippen LogP contribution in [0.15, 0.2) is 54.6 Å². The molecular weight excluding hydrogens is 444 g/mol. The van der Waals surface area contributed by atoms with E-state index < -0.39 is 12.1 Å². The van der Waals surface area contributed by atoms with Crippen LogP contribution in [0.2, 0.25) is 0 Å². The maximum Gasteiger partial charge on any atom is 0.243 e. The van der Waals surface area contributed by atoms with Crippen molar-refractivity contribution in [2.75, 3.05) is 20.3 Å². The minimum atomic E-state index is -0.811. The summed E-state index contributed by atoms with van der Waals surface area (Å²) in [6.45, 7) is 2.85. The lowest BCUT2D eigenvalue weighted by Gasteiger charge is -2.25. The lowest BCUT2D eigenvalue weighted by molar-refractivity contribution is -0.133. The highest BCUT2D eigenvalue weighted by Gasteiger charge is 2.48. The molecule has 1 saturated heterocycles. The Kier molecular flexibility index (Phi) is 7.86. The predicted molar refractivity (Wildman–Crippen MR) is 132 cm³/mol. The first kappa shape index (κ1) is 24.9. The Balaban J connectivity index is 1.52. The average molecular weight is 479 g/mol. The normalized spacial score (nSPS) is 19.9. The first-order valence-corrected chi connectivity index (χ1v) is 12.3. The van der Waals surface area contributed by atoms with E-state index in [9.17, 15) is 14.4 Å². The minimum Gasteiger partial charge on any atom is -0.497 e. The van der Waals surface area contributed by atoms with Crippen LogP contribution < -0.4 is 15.4 Å². The summed E-state index contributed by atoms with van der Waals surface area (Å²) in [6, 6.07) is 15.6. The van der Waals surface area contributed by atoms with E-state index in [-0.39, 0.29) is 28.9 Å². The van der Waals surface area contributed by atoms with Gasteiger partial charge in [-0.25, -0.2) is 0 Å². The molecule has 0 aromatic heterocycles. The molecule has 0 radical (unpaired) electrons. The van der Waals surface area contributed by atoms with Crippen molar-refractivity contribution in [3.63, 3.8) is 0 Å². The molecule has 3 atom stereocenters. The summed E-state index contributed by atoms with van der Waals surface area (Å²) in [5.74, 6) is -0.0577. The molecule has 2 aliphatic rings. The first-order chi connectivity index (χ1) is 16.9. The molecule has 186 valence electrons. The van der Waals surface area contributed by atoms with Crippen LogP contribution >= 0.6 is 0 Å². The number of Topliss-reactive ketones (excluding diaryl/α,β-unsaturated/α-hetero) is 1. The van der Waals surface area contributed by atoms with Gasteiger partial charge in [0.15, 0.2) is 5.78 Å². The highest BCUT2D eigenvalue weighted by Crippen LogP contribution is 2.46. The largest absolute Gasteiger partial charge is 0.497 e. The SMILES string of the molecule is COc1ccc(CC(NC(=O)[C@@H]2CCOC2)C(=O)N[C@H](Cc2ccccc2)C(=O)C2(C)CC2)cc1. The third-order valence-corrected chi connectivity index (χ3v) is 7.04. The lowest BCUT2D eigenvalue weighted by Crippen LogP contribution is -2.54. The topological polar surface area (TPSA) is 93.7 Å². The molecule has 1 heterocycles. The Bertz CT molecular complexity index is 1030. The number of ketones is 1. The molecule has 7 heteroatoms. The van der Waals surface area contributed by atoms with Crippen LogP contribution in [0.3, 0.4) is 0 Å². The number of benzene rings is 2. The van der Waals surface area contributed by atoms with Crippen LogP contribution in [-0.4, -0.2) is 50.0 Å². The van der Waals surface area contributed by atoms with Crippen LogP contribution in [0.1, 0.15) is 37.3 Å². The third kappa shape index (κ3) is 6.48. The van der Waals surface area contributed by atoms with E-state index in [2.05, 4.69) is 10.6 Å². The van der Waals surface area contributed by atoms with Crippen LogP contribution in [-0.2, 0) is 32.0 Å². The monoisotopic (exact) mass is 478 g/mol. The van der Waals surface area contributed by atoms with Crippen molar-refractivity contribution in [1.82, 2.24) is 10.6 Å². The predicted octanol–water partition coefficient (Wildman–Crippen LogP) is 2.86. The molecule has 7 nitrogen and oxygen atoms in total. The lowest BCUT2D eigenvalue weighted by atomic mass is 9.92. The highest BCUT2D eigenvalue weighted by molar-refractivity contribution is 5.96. The summed E-state index contributed by atoms with van der Waals surface area (Å²) in [7, 11) is 1.60. The molecule has 1 aliphatic carbocycles. The highest BCUT2D eigenvalue weighted by atomic mass is 16.5. The van der Waals surface area contributed by atoms with Gasteiger partial charge in [-0.1, -0.05) is 49.4 Å². The number of amides is 2. The fourth-order valence-electron chi connectivity index (χ4n) is 4.42. The molecule has 1 unspecified atom stereocenters. The number of methoxy groups -OCH3 is 1. The second-order valence-corrected chi connectivity index (χ2v) is 9.85. The molecule has 1 saturated carbocycles. The maximum atomic E-state index is 13.5. The summed E-state index contributed by atoms with van der Waals surface area (Å²) < 4.78 is 10.6. The Hall–Kier alpha value is -3.19. The zero-order chi connectivity index (χ0) is 24.8. The molecular formula is C28H34N2O5. The van der Waals surface area contributed by atoms with Gasteiger partial charge in [-0.05, 0) is 48.9 Å². The quantitative estimate of drug-likeness (QED) is 0.518. The van der Waals surface area contributed by atoms with Crippen molar-refractivity contribution in [1.29, 1.82) is 0 Å². The smallest absolute Gasteiger partial charge is 0.243 e. The van der Waals surface area contributed by atoms with Gasteiger partial charge in [-0.2, -0.15) is 0 Å². The number of carbonyl (C=O) groups is 3. The van der Waals surface area contributed by atoms with E-state index in [1.807, 2.05) is 61.5 Å². The standard InChI is InChI=1S/C28H34N2O5/c1-28(13-14-28)25(31)23(16-19-6-4-3-5-7-19)29-27(33)24(30-26(32)21-12-15-35-18-21)17-20-8-10-22(34-2)11-9-20/h3-11,21,23-24H,12-18H2,1-2H3,(H,29,33)(H,30,32)/t21-,23-,24?/m1/s1. The molecule has 35 heavy (non-hydrogen) atoms. The van der Waals surface area contributed by atoms with Gasteiger partial charge in [0.25, 0.3) is 0 Å². The van der Waals surface area contributed by atoms with Gasteiger partial charge in [-0.15, -0.1) is 0 Å². The van der Waals surface area contributed by atoms with Gasteiger partial charge < -0.3 is 20.1 Å². The van der Waals surface area contributed by atoms with E-state index in [4.69, 9.17) is 9.47 Å². The van der Waals surface area contributed by atoms with Gasteiger partial charge in [0.05, 0.1) is 25.7 Å². The Morgan fingerprint density at radius 3 is 2.23 bits per heavy atom. The fourth-order valence-corrected chi connectivity index (χ4v) is 4.42.